The van der Waals surface area contributed by atoms with Crippen molar-refractivity contribution < 1.29 is 9.53 Å². The minimum Gasteiger partial charge on any atom is -0.452 e. The molecule has 0 aliphatic carbocycles. The first-order valence-corrected chi connectivity index (χ1v) is 7.30. The van der Waals surface area contributed by atoms with Crippen LogP contribution in [0.25, 0.3) is 0 Å². The summed E-state index contributed by atoms with van der Waals surface area (Å²) >= 11 is 0. The SMILES string of the molecule is C=C(/C=C\C(Oc1cc(C)n[nH]c1=O)=C(C)C)C(=O)NC(C)C. The predicted octanol–water partition coefficient (Wildman–Crippen LogP) is 2.39. The van der Waals surface area contributed by atoms with Gasteiger partial charge in [-0.2, -0.15) is 5.10 Å². The molecule has 0 radical (unpaired) electrons. The van der Waals surface area contributed by atoms with Crippen LogP contribution >= 0.6 is 0 Å². The van der Waals surface area contributed by atoms with E-state index < -0.39 is 5.56 Å². The fraction of sp³-hybridized carbons (Fsp3) is 0.353. The van der Waals surface area contributed by atoms with Crippen molar-refractivity contribution in [3.63, 3.8) is 0 Å². The Morgan fingerprint density at radius 1 is 1.39 bits per heavy atom. The van der Waals surface area contributed by atoms with Gasteiger partial charge in [-0.15, -0.1) is 0 Å². The van der Waals surface area contributed by atoms with Crippen molar-refractivity contribution in [3.8, 4) is 5.75 Å². The molecular formula is C17H23N3O3. The first kappa shape index (κ1) is 18.4. The lowest BCUT2D eigenvalue weighted by molar-refractivity contribution is -0.117. The van der Waals surface area contributed by atoms with Crippen molar-refractivity contribution >= 4 is 5.91 Å². The molecule has 0 fully saturated rings. The van der Waals surface area contributed by atoms with E-state index in [1.807, 2.05) is 27.7 Å². The third-order valence-corrected chi connectivity index (χ3v) is 2.76. The van der Waals surface area contributed by atoms with Crippen molar-refractivity contribution in [1.82, 2.24) is 15.5 Å². The van der Waals surface area contributed by atoms with Crippen molar-refractivity contribution in [2.75, 3.05) is 0 Å². The lowest BCUT2D eigenvalue weighted by Crippen LogP contribution is -2.30. The lowest BCUT2D eigenvalue weighted by atomic mass is 10.2. The number of aryl methyl sites for hydroxylation is 1. The van der Waals surface area contributed by atoms with E-state index >= 15 is 0 Å². The monoisotopic (exact) mass is 317 g/mol. The second-order valence-electron chi connectivity index (χ2n) is 5.66. The Kier molecular flexibility index (Phi) is 6.50. The van der Waals surface area contributed by atoms with E-state index in [1.165, 1.54) is 0 Å². The van der Waals surface area contributed by atoms with Crippen LogP contribution in [-0.4, -0.2) is 22.1 Å². The van der Waals surface area contributed by atoms with Gasteiger partial charge in [0.15, 0.2) is 5.75 Å². The van der Waals surface area contributed by atoms with E-state index in [0.717, 1.165) is 5.57 Å². The Labute approximate surface area is 136 Å². The molecular weight excluding hydrogens is 294 g/mol. The molecule has 0 atom stereocenters. The maximum atomic E-state index is 11.8. The van der Waals surface area contributed by atoms with Crippen molar-refractivity contribution in [3.05, 3.63) is 57.8 Å². The third kappa shape index (κ3) is 5.94. The van der Waals surface area contributed by atoms with Crippen LogP contribution in [0.15, 0.2) is 46.5 Å². The first-order chi connectivity index (χ1) is 10.7. The van der Waals surface area contributed by atoms with Crippen LogP contribution in [0.1, 0.15) is 33.4 Å². The van der Waals surface area contributed by atoms with Crippen LogP contribution < -0.4 is 15.6 Å². The fourth-order valence-electron chi connectivity index (χ4n) is 1.59. The molecule has 0 aliphatic heterocycles. The Balaban J connectivity index is 2.93. The highest BCUT2D eigenvalue weighted by Gasteiger charge is 2.08. The van der Waals surface area contributed by atoms with Crippen molar-refractivity contribution in [2.24, 2.45) is 0 Å². The van der Waals surface area contributed by atoms with Gasteiger partial charge < -0.3 is 10.1 Å². The summed E-state index contributed by atoms with van der Waals surface area (Å²) in [7, 11) is 0. The number of hydrogen-bond acceptors (Lipinski definition) is 4. The minimum absolute atomic E-state index is 0.0326. The normalized spacial score (nSPS) is 10.7. The number of carbonyl (C=O) groups is 1. The molecule has 6 nitrogen and oxygen atoms in total. The molecule has 0 bridgehead atoms. The standard InChI is InChI=1S/C17H23N3O3/c1-10(2)14(8-7-12(5)16(21)18-11(3)4)23-15-9-13(6)19-20-17(15)22/h7-9,11H,5H2,1-4,6H3,(H,18,21)(H,20,22)/b8-7-. The topological polar surface area (TPSA) is 84.1 Å². The zero-order chi connectivity index (χ0) is 17.6. The summed E-state index contributed by atoms with van der Waals surface area (Å²) in [5.41, 5.74) is 1.38. The van der Waals surface area contributed by atoms with E-state index in [-0.39, 0.29) is 17.7 Å². The molecule has 124 valence electrons. The molecule has 1 heterocycles. The zero-order valence-corrected chi connectivity index (χ0v) is 14.2. The van der Waals surface area contributed by atoms with Gasteiger partial charge in [0.1, 0.15) is 5.76 Å². The minimum atomic E-state index is -0.417. The summed E-state index contributed by atoms with van der Waals surface area (Å²) in [5, 5.41) is 8.91. The number of nitrogens with one attached hydrogen (secondary N) is 2. The average Bonchev–Trinajstić information content (AvgIpc) is 2.45. The number of ether oxygens (including phenoxy) is 1. The Hall–Kier alpha value is -2.63. The quantitative estimate of drug-likeness (QED) is 0.479. The lowest BCUT2D eigenvalue weighted by Gasteiger charge is -2.10. The second kappa shape index (κ2) is 8.12. The zero-order valence-electron chi connectivity index (χ0n) is 14.2. The van der Waals surface area contributed by atoms with Gasteiger partial charge in [0.2, 0.25) is 0 Å². The third-order valence-electron chi connectivity index (χ3n) is 2.76. The number of carbonyl (C=O) groups excluding carboxylic acids is 1. The van der Waals surface area contributed by atoms with Gasteiger partial charge in [-0.25, -0.2) is 5.10 Å². The number of allylic oxidation sites excluding steroid dienone is 2. The van der Waals surface area contributed by atoms with Gasteiger partial charge in [-0.3, -0.25) is 9.59 Å². The van der Waals surface area contributed by atoms with Gasteiger partial charge in [-0.05, 0) is 52.3 Å². The molecule has 1 aromatic rings. The highest BCUT2D eigenvalue weighted by atomic mass is 16.5. The molecule has 2 N–H and O–H groups in total. The van der Waals surface area contributed by atoms with Crippen LogP contribution in [-0.2, 0) is 4.79 Å². The summed E-state index contributed by atoms with van der Waals surface area (Å²) in [6.45, 7) is 12.9. The van der Waals surface area contributed by atoms with Crippen LogP contribution in [0.4, 0.5) is 0 Å². The van der Waals surface area contributed by atoms with Crippen LogP contribution in [0.2, 0.25) is 0 Å². The van der Waals surface area contributed by atoms with E-state index in [9.17, 15) is 9.59 Å². The Morgan fingerprint density at radius 3 is 2.61 bits per heavy atom. The molecule has 1 aromatic heterocycles. The maximum absolute atomic E-state index is 11.8. The number of aromatic nitrogens is 2. The molecule has 6 heteroatoms. The molecule has 1 amide bonds. The Morgan fingerprint density at radius 2 is 2.04 bits per heavy atom. The molecule has 0 aromatic carbocycles. The smallest absolute Gasteiger partial charge is 0.307 e. The molecule has 23 heavy (non-hydrogen) atoms. The van der Waals surface area contributed by atoms with E-state index in [0.29, 0.717) is 17.0 Å². The molecule has 0 spiro atoms. The number of hydrogen-bond donors (Lipinski definition) is 2. The van der Waals surface area contributed by atoms with Gasteiger partial charge in [0.05, 0.1) is 5.69 Å². The summed E-state index contributed by atoms with van der Waals surface area (Å²) in [6, 6.07) is 1.58. The Bertz CT molecular complexity index is 708. The summed E-state index contributed by atoms with van der Waals surface area (Å²) in [6.07, 6.45) is 3.18. The number of amides is 1. The second-order valence-corrected chi connectivity index (χ2v) is 5.66. The van der Waals surface area contributed by atoms with Crippen LogP contribution in [0, 0.1) is 6.92 Å². The molecule has 0 saturated heterocycles. The molecule has 0 unspecified atom stereocenters. The van der Waals surface area contributed by atoms with Gasteiger partial charge in [0, 0.05) is 17.7 Å². The van der Waals surface area contributed by atoms with Gasteiger partial charge in [-0.1, -0.05) is 6.58 Å². The molecule has 0 saturated carbocycles. The predicted molar refractivity (Wildman–Crippen MR) is 90.2 cm³/mol. The number of aromatic amines is 1. The highest BCUT2D eigenvalue weighted by Crippen LogP contribution is 2.13. The van der Waals surface area contributed by atoms with Crippen molar-refractivity contribution in [1.29, 1.82) is 0 Å². The maximum Gasteiger partial charge on any atom is 0.307 e. The summed E-state index contributed by atoms with van der Waals surface area (Å²) < 4.78 is 5.64. The summed E-state index contributed by atoms with van der Waals surface area (Å²) in [5.74, 6) is 0.372. The van der Waals surface area contributed by atoms with Crippen molar-refractivity contribution in [2.45, 2.75) is 40.7 Å². The summed E-state index contributed by atoms with van der Waals surface area (Å²) in [4.78, 5) is 23.5. The number of H-pyrrole nitrogens is 1. The number of rotatable bonds is 6. The van der Waals surface area contributed by atoms with E-state index in [4.69, 9.17) is 4.74 Å². The van der Waals surface area contributed by atoms with E-state index in [1.54, 1.807) is 25.1 Å². The first-order valence-electron chi connectivity index (χ1n) is 7.30. The largest absolute Gasteiger partial charge is 0.452 e. The number of nitrogens with zero attached hydrogens (tertiary/aromatic N) is 1. The molecule has 1 rings (SSSR count). The average molecular weight is 317 g/mol. The van der Waals surface area contributed by atoms with E-state index in [2.05, 4.69) is 22.1 Å². The van der Waals surface area contributed by atoms with Gasteiger partial charge >= 0.3 is 5.56 Å². The fourth-order valence-corrected chi connectivity index (χ4v) is 1.59. The van der Waals surface area contributed by atoms with Gasteiger partial charge in [0.25, 0.3) is 5.91 Å². The van der Waals surface area contributed by atoms with Crippen LogP contribution in [0.5, 0.6) is 5.75 Å². The van der Waals surface area contributed by atoms with Crippen LogP contribution in [0.3, 0.4) is 0 Å². The highest BCUT2D eigenvalue weighted by molar-refractivity contribution is 5.95. The molecule has 0 aliphatic rings.